The number of hydrogen-bond acceptors (Lipinski definition) is 4. The summed E-state index contributed by atoms with van der Waals surface area (Å²) in [6.45, 7) is 7.42. The first-order valence-electron chi connectivity index (χ1n) is 11.0. The molecule has 2 aliphatic rings. The molecule has 0 bridgehead atoms. The van der Waals surface area contributed by atoms with Crippen molar-refractivity contribution in [2.45, 2.75) is 69.8 Å². The van der Waals surface area contributed by atoms with Crippen LogP contribution in [0.2, 0.25) is 5.04 Å². The predicted molar refractivity (Wildman–Crippen MR) is 121 cm³/mol. The molecular formula is C25H32O4Si. The van der Waals surface area contributed by atoms with Crippen molar-refractivity contribution >= 4 is 24.7 Å². The third-order valence-corrected chi connectivity index (χ3v) is 11.4. The maximum Gasteiger partial charge on any atom is 0.306 e. The number of carbonyl (C=O) groups excluding carboxylic acids is 1. The second kappa shape index (κ2) is 8.65. The van der Waals surface area contributed by atoms with Crippen LogP contribution in [0.15, 0.2) is 60.7 Å². The van der Waals surface area contributed by atoms with Crippen LogP contribution in [0.25, 0.3) is 0 Å². The van der Waals surface area contributed by atoms with Crippen LogP contribution in [-0.2, 0) is 18.7 Å². The lowest BCUT2D eigenvalue weighted by Crippen LogP contribution is -2.67. The van der Waals surface area contributed by atoms with E-state index in [9.17, 15) is 4.79 Å². The average molecular weight is 425 g/mol. The SMILES string of the molecule is CC(C)(C)[Si](OC[C@@H]1CC[C@@H]([C@H]2CCC(=O)O2)O1)(c1ccccc1)c1ccccc1. The zero-order valence-corrected chi connectivity index (χ0v) is 19.2. The third kappa shape index (κ3) is 4.11. The Hall–Kier alpha value is -1.95. The summed E-state index contributed by atoms with van der Waals surface area (Å²) in [5.41, 5.74) is 0. The van der Waals surface area contributed by atoms with Gasteiger partial charge in [-0.15, -0.1) is 0 Å². The van der Waals surface area contributed by atoms with Crippen LogP contribution in [0.5, 0.6) is 0 Å². The van der Waals surface area contributed by atoms with Crippen molar-refractivity contribution < 1.29 is 18.7 Å². The van der Waals surface area contributed by atoms with Gasteiger partial charge < -0.3 is 13.9 Å². The molecule has 2 aromatic rings. The van der Waals surface area contributed by atoms with E-state index in [0.717, 1.165) is 19.3 Å². The van der Waals surface area contributed by atoms with E-state index in [2.05, 4.69) is 81.4 Å². The second-order valence-electron chi connectivity index (χ2n) is 9.42. The molecule has 0 saturated carbocycles. The topological polar surface area (TPSA) is 44.8 Å². The first kappa shape index (κ1) is 21.3. The summed E-state index contributed by atoms with van der Waals surface area (Å²) in [6.07, 6.45) is 3.10. The van der Waals surface area contributed by atoms with Crippen molar-refractivity contribution in [2.24, 2.45) is 0 Å². The first-order valence-corrected chi connectivity index (χ1v) is 12.9. The lowest BCUT2D eigenvalue weighted by atomic mass is 10.1. The maximum absolute atomic E-state index is 11.5. The highest BCUT2D eigenvalue weighted by molar-refractivity contribution is 6.99. The molecule has 4 rings (SSSR count). The second-order valence-corrected chi connectivity index (χ2v) is 13.7. The van der Waals surface area contributed by atoms with Gasteiger partial charge in [-0.2, -0.15) is 0 Å². The van der Waals surface area contributed by atoms with E-state index >= 15 is 0 Å². The van der Waals surface area contributed by atoms with Gasteiger partial charge in [0.25, 0.3) is 8.32 Å². The fraction of sp³-hybridized carbons (Fsp3) is 0.480. The molecule has 0 aliphatic carbocycles. The molecule has 2 aromatic carbocycles. The van der Waals surface area contributed by atoms with Crippen LogP contribution >= 0.6 is 0 Å². The Balaban J connectivity index is 1.57. The summed E-state index contributed by atoms with van der Waals surface area (Å²) in [6, 6.07) is 21.4. The Labute approximate surface area is 180 Å². The third-order valence-electron chi connectivity index (χ3n) is 6.37. The minimum Gasteiger partial charge on any atom is -0.460 e. The molecule has 4 nitrogen and oxygen atoms in total. The number of cyclic esters (lactones) is 1. The fourth-order valence-electron chi connectivity index (χ4n) is 4.92. The van der Waals surface area contributed by atoms with E-state index in [1.54, 1.807) is 0 Å². The van der Waals surface area contributed by atoms with Gasteiger partial charge in [0.2, 0.25) is 0 Å². The molecular weight excluding hydrogens is 392 g/mol. The Morgan fingerprint density at radius 1 is 0.900 bits per heavy atom. The molecule has 0 amide bonds. The smallest absolute Gasteiger partial charge is 0.306 e. The van der Waals surface area contributed by atoms with Crippen LogP contribution < -0.4 is 10.4 Å². The Kier molecular flexibility index (Phi) is 6.14. The molecule has 0 radical (unpaired) electrons. The summed E-state index contributed by atoms with van der Waals surface area (Å²) < 4.78 is 18.7. The molecule has 2 fully saturated rings. The van der Waals surface area contributed by atoms with Crippen molar-refractivity contribution in [1.29, 1.82) is 0 Å². The quantitative estimate of drug-likeness (QED) is 0.522. The van der Waals surface area contributed by atoms with E-state index in [0.29, 0.717) is 13.0 Å². The van der Waals surface area contributed by atoms with Crippen molar-refractivity contribution in [3.05, 3.63) is 60.7 Å². The van der Waals surface area contributed by atoms with Crippen molar-refractivity contribution in [3.8, 4) is 0 Å². The molecule has 2 saturated heterocycles. The van der Waals surface area contributed by atoms with Gasteiger partial charge in [-0.25, -0.2) is 0 Å². The zero-order valence-electron chi connectivity index (χ0n) is 18.2. The highest BCUT2D eigenvalue weighted by Crippen LogP contribution is 2.38. The van der Waals surface area contributed by atoms with Crippen LogP contribution in [0, 0.1) is 0 Å². The minimum atomic E-state index is -2.55. The van der Waals surface area contributed by atoms with Gasteiger partial charge in [-0.3, -0.25) is 4.79 Å². The van der Waals surface area contributed by atoms with Crippen molar-refractivity contribution in [3.63, 3.8) is 0 Å². The Bertz CT molecular complexity index is 807. The van der Waals surface area contributed by atoms with Gasteiger partial charge in [-0.05, 0) is 34.7 Å². The van der Waals surface area contributed by atoms with Gasteiger partial charge in [0, 0.05) is 6.42 Å². The number of benzene rings is 2. The lowest BCUT2D eigenvalue weighted by Gasteiger charge is -2.43. The lowest BCUT2D eigenvalue weighted by molar-refractivity contribution is -0.147. The van der Waals surface area contributed by atoms with E-state index in [1.807, 2.05) is 0 Å². The van der Waals surface area contributed by atoms with Crippen molar-refractivity contribution in [2.75, 3.05) is 6.61 Å². The van der Waals surface area contributed by atoms with E-state index < -0.39 is 8.32 Å². The monoisotopic (exact) mass is 424 g/mol. The fourth-order valence-corrected chi connectivity index (χ4v) is 9.51. The standard InChI is InChI=1S/C25H32O4Si/c1-25(2,3)30(20-10-6-4-7-11-20,21-12-8-5-9-13-21)27-18-19-14-15-22(28-19)23-16-17-24(26)29-23/h4-13,19,22-23H,14-18H2,1-3H3/t19-,22-,23+/m0/s1. The van der Waals surface area contributed by atoms with Crippen LogP contribution in [-0.4, -0.2) is 39.2 Å². The van der Waals surface area contributed by atoms with Crippen molar-refractivity contribution in [1.82, 2.24) is 0 Å². The number of hydrogen-bond donors (Lipinski definition) is 0. The highest BCUT2D eigenvalue weighted by atomic mass is 28.4. The summed E-state index contributed by atoms with van der Waals surface area (Å²) in [4.78, 5) is 11.5. The minimum absolute atomic E-state index is 0.00389. The van der Waals surface area contributed by atoms with Gasteiger partial charge in [-0.1, -0.05) is 81.4 Å². The average Bonchev–Trinajstić information content (AvgIpc) is 3.38. The molecule has 30 heavy (non-hydrogen) atoms. The zero-order chi connectivity index (χ0) is 21.2. The van der Waals surface area contributed by atoms with E-state index in [1.165, 1.54) is 10.4 Å². The molecule has 3 atom stereocenters. The maximum atomic E-state index is 11.5. The molecule has 0 aromatic heterocycles. The predicted octanol–water partition coefficient (Wildman–Crippen LogP) is 3.82. The van der Waals surface area contributed by atoms with Gasteiger partial charge in [0.05, 0.1) is 18.8 Å². The van der Waals surface area contributed by atoms with Crippen LogP contribution in [0.3, 0.4) is 0 Å². The molecule has 0 unspecified atom stereocenters. The molecule has 2 heterocycles. The highest BCUT2D eigenvalue weighted by Gasteiger charge is 2.50. The molecule has 5 heteroatoms. The normalized spacial score (nSPS) is 24.8. The van der Waals surface area contributed by atoms with E-state index in [4.69, 9.17) is 13.9 Å². The number of carbonyl (C=O) groups is 1. The van der Waals surface area contributed by atoms with Gasteiger partial charge >= 0.3 is 5.97 Å². The summed E-state index contributed by atoms with van der Waals surface area (Å²) in [5.74, 6) is -0.101. The van der Waals surface area contributed by atoms with Gasteiger partial charge in [0.15, 0.2) is 0 Å². The molecule has 2 aliphatic heterocycles. The molecule has 160 valence electrons. The summed E-state index contributed by atoms with van der Waals surface area (Å²) in [5, 5.41) is 2.51. The van der Waals surface area contributed by atoms with Crippen LogP contribution in [0.4, 0.5) is 0 Å². The summed E-state index contributed by atoms with van der Waals surface area (Å²) in [7, 11) is -2.55. The Morgan fingerprint density at radius 2 is 1.50 bits per heavy atom. The number of ether oxygens (including phenoxy) is 2. The first-order chi connectivity index (χ1) is 14.4. The van der Waals surface area contributed by atoms with Crippen LogP contribution in [0.1, 0.15) is 46.5 Å². The number of rotatable bonds is 6. The molecule has 0 N–H and O–H groups in total. The van der Waals surface area contributed by atoms with E-state index in [-0.39, 0.29) is 29.3 Å². The Morgan fingerprint density at radius 3 is 2.00 bits per heavy atom. The molecule has 0 spiro atoms. The largest absolute Gasteiger partial charge is 0.460 e. The summed E-state index contributed by atoms with van der Waals surface area (Å²) >= 11 is 0. The van der Waals surface area contributed by atoms with Gasteiger partial charge in [0.1, 0.15) is 6.10 Å². The number of esters is 1.